The van der Waals surface area contributed by atoms with Gasteiger partial charge in [0, 0.05) is 106 Å². The van der Waals surface area contributed by atoms with Gasteiger partial charge in [-0.25, -0.2) is 0 Å². The average molecular weight is 953 g/mol. The normalized spacial score (nSPS) is 16.9. The van der Waals surface area contributed by atoms with Gasteiger partial charge in [-0.2, -0.15) is 0 Å². The number of aryl methyl sites for hydroxylation is 2. The fraction of sp³-hybridized carbons (Fsp3) is 0.182. The van der Waals surface area contributed by atoms with Crippen LogP contribution in [0.5, 0.6) is 0 Å². The second-order valence-electron chi connectivity index (χ2n) is 21.9. The molecule has 0 spiro atoms. The molecule has 0 fully saturated rings. The van der Waals surface area contributed by atoms with Crippen LogP contribution in [0.15, 0.2) is 182 Å². The maximum absolute atomic E-state index is 2.72. The van der Waals surface area contributed by atoms with Crippen LogP contribution in [0.1, 0.15) is 47.9 Å². The molecule has 6 nitrogen and oxygen atoms in total. The van der Waals surface area contributed by atoms with E-state index in [9.17, 15) is 0 Å². The van der Waals surface area contributed by atoms with Gasteiger partial charge in [-0.05, 0) is 185 Å². The van der Waals surface area contributed by atoms with Gasteiger partial charge in [-0.3, -0.25) is 0 Å². The molecule has 0 aliphatic carbocycles. The zero-order valence-electron chi connectivity index (χ0n) is 41.6. The van der Waals surface area contributed by atoms with Gasteiger partial charge in [0.15, 0.2) is 0 Å². The van der Waals surface area contributed by atoms with Crippen molar-refractivity contribution in [2.24, 2.45) is 0 Å². The molecular weight excluding hydrogens is 898 g/mol. The second-order valence-corrected chi connectivity index (χ2v) is 21.9. The fourth-order valence-electron chi connectivity index (χ4n) is 15.4. The summed E-state index contributed by atoms with van der Waals surface area (Å²) in [6, 6.07) is 70.4. The number of para-hydroxylation sites is 4. The summed E-state index contributed by atoms with van der Waals surface area (Å²) in [5, 5.41) is 0. The molecule has 0 saturated carbocycles. The van der Waals surface area contributed by atoms with Gasteiger partial charge in [0.1, 0.15) is 0 Å². The van der Waals surface area contributed by atoms with Crippen molar-refractivity contribution in [2.75, 3.05) is 55.6 Å². The molecule has 0 amide bonds. The molecule has 74 heavy (non-hydrogen) atoms. The standard InChI is InChI=1S/C66H54B2N6/c1-3-21-45(22-4-1)73-59-31-11-29-57-63(59)67(49-33-35-55(47-25-15-39-71(57)65(47)49)69-37-13-19-43-17-7-9-27-53(43)69)51-41-52-62(42-61(51)73)74(46-23-5-2-6-24-46)60-32-12-30-58-64(60)68(52)50-34-36-56(48-26-16-40-72(58)66(48)50)70-38-14-20-44-18-8-10-28-54(44)70/h1-12,17-18,21-24,27-36,41-42H,13-16,19-20,25-26,37-40H2. The van der Waals surface area contributed by atoms with Crippen LogP contribution in [0, 0.1) is 0 Å². The van der Waals surface area contributed by atoms with E-state index in [1.807, 2.05) is 0 Å². The summed E-state index contributed by atoms with van der Waals surface area (Å²) in [4.78, 5) is 16.0. The molecule has 8 heterocycles. The van der Waals surface area contributed by atoms with Crippen LogP contribution in [-0.4, -0.2) is 39.6 Å². The van der Waals surface area contributed by atoms with Crippen LogP contribution in [0.3, 0.4) is 0 Å². The first kappa shape index (κ1) is 41.4. The van der Waals surface area contributed by atoms with Crippen molar-refractivity contribution in [2.45, 2.75) is 51.4 Å². The Kier molecular flexibility index (Phi) is 8.79. The maximum atomic E-state index is 2.72. The molecule has 0 radical (unpaired) electrons. The quantitative estimate of drug-likeness (QED) is 0.163. The molecule has 0 N–H and O–H groups in total. The predicted molar refractivity (Wildman–Crippen MR) is 312 cm³/mol. The first-order valence-electron chi connectivity index (χ1n) is 27.5. The topological polar surface area (TPSA) is 19.4 Å². The average Bonchev–Trinajstić information content (AvgIpc) is 3.48. The minimum Gasteiger partial charge on any atom is -0.342 e. The lowest BCUT2D eigenvalue weighted by Gasteiger charge is -2.49. The van der Waals surface area contributed by atoms with Crippen molar-refractivity contribution >= 4 is 126 Å². The molecule has 8 aliphatic rings. The SMILES string of the molecule is c1ccc(N2c3cc4c(cc3B3c5ccc(N6CCCc7ccccc76)c6c5N(CCC6)c5cccc2c53)B2c3ccc(N5CCCc6ccccc65)c5c3N(CCC5)c3cccc(c32)N4c2ccccc2)cc1. The molecule has 9 aromatic rings. The van der Waals surface area contributed by atoms with E-state index >= 15 is 0 Å². The van der Waals surface area contributed by atoms with E-state index in [0.717, 1.165) is 64.7 Å². The Hall–Kier alpha value is -8.09. The minimum atomic E-state index is 0.0459. The number of hydrogen-bond donors (Lipinski definition) is 0. The number of hydrogen-bond acceptors (Lipinski definition) is 6. The Labute approximate surface area is 434 Å². The van der Waals surface area contributed by atoms with E-state index < -0.39 is 0 Å². The minimum absolute atomic E-state index is 0.0459. The smallest absolute Gasteiger partial charge is 0.252 e. The van der Waals surface area contributed by atoms with E-state index in [-0.39, 0.29) is 13.4 Å². The Morgan fingerprint density at radius 2 is 0.689 bits per heavy atom. The second kappa shape index (κ2) is 15.7. The highest BCUT2D eigenvalue weighted by Crippen LogP contribution is 2.51. The Balaban J connectivity index is 0.936. The lowest BCUT2D eigenvalue weighted by molar-refractivity contribution is 0.742. The Morgan fingerprint density at radius 1 is 0.284 bits per heavy atom. The van der Waals surface area contributed by atoms with E-state index in [2.05, 4.69) is 211 Å². The molecule has 0 bridgehead atoms. The van der Waals surface area contributed by atoms with Gasteiger partial charge in [-0.15, -0.1) is 0 Å². The Morgan fingerprint density at radius 3 is 1.18 bits per heavy atom. The first-order valence-corrected chi connectivity index (χ1v) is 27.5. The molecule has 8 aliphatic heterocycles. The van der Waals surface area contributed by atoms with Crippen molar-refractivity contribution in [1.29, 1.82) is 0 Å². The number of nitrogens with zero attached hydrogens (tertiary/aromatic N) is 6. The van der Waals surface area contributed by atoms with Crippen LogP contribution in [0.2, 0.25) is 0 Å². The largest absolute Gasteiger partial charge is 0.342 e. The summed E-state index contributed by atoms with van der Waals surface area (Å²) in [6.07, 6.45) is 9.04. The summed E-state index contributed by atoms with van der Waals surface area (Å²) >= 11 is 0. The lowest BCUT2D eigenvalue weighted by Crippen LogP contribution is -2.66. The summed E-state index contributed by atoms with van der Waals surface area (Å²) in [7, 11) is 0. The molecule has 0 unspecified atom stereocenters. The van der Waals surface area contributed by atoms with Crippen LogP contribution in [0.25, 0.3) is 0 Å². The van der Waals surface area contributed by atoms with Crippen molar-refractivity contribution in [3.05, 3.63) is 204 Å². The number of rotatable bonds is 4. The lowest BCUT2D eigenvalue weighted by atomic mass is 9.30. The highest BCUT2D eigenvalue weighted by Gasteiger charge is 2.49. The van der Waals surface area contributed by atoms with E-state index in [4.69, 9.17) is 0 Å². The van der Waals surface area contributed by atoms with Crippen LogP contribution in [0.4, 0.5) is 79.6 Å². The zero-order valence-corrected chi connectivity index (χ0v) is 41.6. The summed E-state index contributed by atoms with van der Waals surface area (Å²) in [5.74, 6) is 0. The van der Waals surface area contributed by atoms with Gasteiger partial charge in [0.25, 0.3) is 13.4 Å². The molecule has 17 rings (SSSR count). The van der Waals surface area contributed by atoms with Crippen molar-refractivity contribution in [3.63, 3.8) is 0 Å². The summed E-state index contributed by atoms with van der Waals surface area (Å²) in [6.45, 7) is 4.21. The van der Waals surface area contributed by atoms with Crippen LogP contribution < -0.4 is 62.2 Å². The van der Waals surface area contributed by atoms with Crippen molar-refractivity contribution in [3.8, 4) is 0 Å². The third-order valence-electron chi connectivity index (χ3n) is 18.2. The van der Waals surface area contributed by atoms with E-state index in [1.165, 1.54) is 147 Å². The van der Waals surface area contributed by atoms with Gasteiger partial charge in [0.05, 0.1) is 0 Å². The van der Waals surface area contributed by atoms with Crippen LogP contribution in [-0.2, 0) is 25.7 Å². The fourth-order valence-corrected chi connectivity index (χ4v) is 15.4. The van der Waals surface area contributed by atoms with E-state index in [1.54, 1.807) is 0 Å². The van der Waals surface area contributed by atoms with Gasteiger partial charge < -0.3 is 29.4 Å². The number of anilines is 14. The molecular formula is C66H54B2N6. The molecule has 9 aromatic carbocycles. The van der Waals surface area contributed by atoms with Gasteiger partial charge in [0.2, 0.25) is 0 Å². The number of fused-ring (bicyclic) bond motifs is 10. The van der Waals surface area contributed by atoms with Crippen molar-refractivity contribution < 1.29 is 0 Å². The van der Waals surface area contributed by atoms with Gasteiger partial charge in [-0.1, -0.05) is 103 Å². The molecule has 8 heteroatoms. The highest BCUT2D eigenvalue weighted by atomic mass is 15.2. The molecule has 354 valence electrons. The summed E-state index contributed by atoms with van der Waals surface area (Å²) in [5.41, 5.74) is 33.1. The predicted octanol–water partition coefficient (Wildman–Crippen LogP) is 11.2. The summed E-state index contributed by atoms with van der Waals surface area (Å²) < 4.78 is 0. The maximum Gasteiger partial charge on any atom is 0.252 e. The monoisotopic (exact) mass is 952 g/mol. The molecule has 0 aromatic heterocycles. The van der Waals surface area contributed by atoms with Crippen LogP contribution >= 0.6 is 0 Å². The highest BCUT2D eigenvalue weighted by molar-refractivity contribution is 7.03. The first-order chi connectivity index (χ1) is 36.8. The van der Waals surface area contributed by atoms with Crippen molar-refractivity contribution in [1.82, 2.24) is 0 Å². The third kappa shape index (κ3) is 5.63. The zero-order chi connectivity index (χ0) is 48.2. The molecule has 0 atom stereocenters. The Bertz CT molecular complexity index is 3590. The molecule has 0 saturated heterocycles. The third-order valence-corrected chi connectivity index (χ3v) is 18.2. The number of benzene rings is 9. The van der Waals surface area contributed by atoms with Gasteiger partial charge >= 0.3 is 0 Å². The van der Waals surface area contributed by atoms with E-state index in [0.29, 0.717) is 0 Å².